The molecule has 0 saturated carbocycles. The monoisotopic (exact) mass is 522 g/mol. The molecule has 0 aliphatic carbocycles. The topological polar surface area (TPSA) is 69.6 Å². The van der Waals surface area contributed by atoms with Crippen LogP contribution in [0.4, 0.5) is 4.39 Å². The molecule has 1 saturated heterocycles. The summed E-state index contributed by atoms with van der Waals surface area (Å²) < 4.78 is 14.2. The predicted molar refractivity (Wildman–Crippen MR) is 132 cm³/mol. The Morgan fingerprint density at radius 3 is 2.18 bits per heavy atom. The van der Waals surface area contributed by atoms with Crippen LogP contribution < -0.4 is 5.32 Å². The third-order valence-electron chi connectivity index (χ3n) is 5.95. The first-order chi connectivity index (χ1) is 16.3. The van der Waals surface area contributed by atoms with Crippen LogP contribution in [0.15, 0.2) is 89.0 Å². The number of nitrogens with one attached hydrogen (secondary N) is 1. The summed E-state index contributed by atoms with van der Waals surface area (Å²) in [6, 6.07) is 21.9. The van der Waals surface area contributed by atoms with Crippen molar-refractivity contribution in [3.05, 3.63) is 112 Å². The van der Waals surface area contributed by atoms with Gasteiger partial charge in [-0.25, -0.2) is 4.39 Å². The lowest BCUT2D eigenvalue weighted by atomic mass is 9.84. The van der Waals surface area contributed by atoms with Crippen molar-refractivity contribution in [1.82, 2.24) is 10.2 Å². The molecule has 174 valence electrons. The Morgan fingerprint density at radius 1 is 0.941 bits per heavy atom. The lowest BCUT2D eigenvalue weighted by molar-refractivity contribution is -0.131. The van der Waals surface area contributed by atoms with E-state index in [9.17, 15) is 19.1 Å². The van der Waals surface area contributed by atoms with Crippen LogP contribution in [0.3, 0.4) is 0 Å². The molecule has 4 rings (SSSR count). The number of likely N-dealkylation sites (tertiary alicyclic amines) is 1. The van der Waals surface area contributed by atoms with Gasteiger partial charge in [-0.3, -0.25) is 9.59 Å². The molecule has 1 fully saturated rings. The number of carbonyl (C=O) groups is 2. The highest BCUT2D eigenvalue weighted by molar-refractivity contribution is 9.10. The minimum atomic E-state index is -1.02. The molecular formula is C27H24BrFN2O3. The number of hydrogen-bond donors (Lipinski definition) is 2. The first kappa shape index (κ1) is 23.9. The minimum absolute atomic E-state index is 0.120. The van der Waals surface area contributed by atoms with E-state index in [1.54, 1.807) is 11.0 Å². The standard InChI is InChI=1S/C27H24BrFN2O3/c28-22-10-8-21(9-11-22)27(34)14-16-31(17-15-27)26(33)24(18-19-4-2-1-3-5-19)30-25(32)20-6-12-23(29)13-7-20/h1-13,18,34H,14-17H2,(H,30,32). The number of hydrogen-bond acceptors (Lipinski definition) is 3. The highest BCUT2D eigenvalue weighted by Gasteiger charge is 2.36. The van der Waals surface area contributed by atoms with Gasteiger partial charge in [0.15, 0.2) is 0 Å². The van der Waals surface area contributed by atoms with Crippen molar-refractivity contribution in [1.29, 1.82) is 0 Å². The second-order valence-electron chi connectivity index (χ2n) is 8.26. The number of nitrogens with zero attached hydrogens (tertiary/aromatic N) is 1. The summed E-state index contributed by atoms with van der Waals surface area (Å²) in [5.41, 5.74) is 0.921. The van der Waals surface area contributed by atoms with Crippen molar-refractivity contribution in [3.8, 4) is 0 Å². The number of amides is 2. The molecule has 0 aromatic heterocycles. The van der Waals surface area contributed by atoms with E-state index in [1.807, 2.05) is 54.6 Å². The van der Waals surface area contributed by atoms with E-state index < -0.39 is 17.3 Å². The summed E-state index contributed by atoms with van der Waals surface area (Å²) in [6.45, 7) is 0.674. The summed E-state index contributed by atoms with van der Waals surface area (Å²) in [5, 5.41) is 13.9. The van der Waals surface area contributed by atoms with Gasteiger partial charge >= 0.3 is 0 Å². The Balaban J connectivity index is 1.52. The van der Waals surface area contributed by atoms with Crippen molar-refractivity contribution < 1.29 is 19.1 Å². The zero-order valence-electron chi connectivity index (χ0n) is 18.4. The normalized spacial score (nSPS) is 15.6. The van der Waals surface area contributed by atoms with E-state index in [-0.39, 0.29) is 17.2 Å². The molecule has 34 heavy (non-hydrogen) atoms. The number of piperidine rings is 1. The molecule has 3 aromatic rings. The van der Waals surface area contributed by atoms with Gasteiger partial charge in [-0.15, -0.1) is 0 Å². The fourth-order valence-corrected chi connectivity index (χ4v) is 4.23. The van der Waals surface area contributed by atoms with Crippen molar-refractivity contribution in [2.75, 3.05) is 13.1 Å². The van der Waals surface area contributed by atoms with Crippen molar-refractivity contribution >= 4 is 33.8 Å². The van der Waals surface area contributed by atoms with Gasteiger partial charge in [0, 0.05) is 23.1 Å². The van der Waals surface area contributed by atoms with Crippen molar-refractivity contribution in [2.24, 2.45) is 0 Å². The molecule has 2 N–H and O–H groups in total. The maximum Gasteiger partial charge on any atom is 0.270 e. The fourth-order valence-electron chi connectivity index (χ4n) is 3.96. The first-order valence-corrected chi connectivity index (χ1v) is 11.7. The van der Waals surface area contributed by atoms with Gasteiger partial charge in [0.2, 0.25) is 0 Å². The average molecular weight is 523 g/mol. The summed E-state index contributed by atoms with van der Waals surface area (Å²) >= 11 is 3.40. The summed E-state index contributed by atoms with van der Waals surface area (Å²) in [4.78, 5) is 27.8. The molecule has 1 aliphatic rings. The maximum atomic E-state index is 13.4. The zero-order valence-corrected chi connectivity index (χ0v) is 20.0. The lowest BCUT2D eigenvalue weighted by Crippen LogP contribution is -2.47. The molecular weight excluding hydrogens is 499 g/mol. The number of rotatable bonds is 5. The van der Waals surface area contributed by atoms with Crippen LogP contribution in [0, 0.1) is 5.82 Å². The molecule has 0 spiro atoms. The summed E-state index contributed by atoms with van der Waals surface area (Å²) in [6.07, 6.45) is 2.38. The van der Waals surface area contributed by atoms with Gasteiger partial charge in [0.1, 0.15) is 11.5 Å². The fraction of sp³-hybridized carbons (Fsp3) is 0.185. The number of benzene rings is 3. The Hall–Kier alpha value is -3.29. The van der Waals surface area contributed by atoms with Gasteiger partial charge in [-0.1, -0.05) is 58.4 Å². The molecule has 1 heterocycles. The minimum Gasteiger partial charge on any atom is -0.385 e. The van der Waals surface area contributed by atoms with Gasteiger partial charge in [0.25, 0.3) is 11.8 Å². The largest absolute Gasteiger partial charge is 0.385 e. The third kappa shape index (κ3) is 5.61. The van der Waals surface area contributed by atoms with E-state index in [2.05, 4.69) is 21.2 Å². The lowest BCUT2D eigenvalue weighted by Gasteiger charge is -2.38. The van der Waals surface area contributed by atoms with E-state index in [1.165, 1.54) is 24.3 Å². The van der Waals surface area contributed by atoms with Crippen LogP contribution in [0.5, 0.6) is 0 Å². The molecule has 0 radical (unpaired) electrons. The van der Waals surface area contributed by atoms with E-state index in [0.717, 1.165) is 15.6 Å². The van der Waals surface area contributed by atoms with Crippen LogP contribution >= 0.6 is 15.9 Å². The highest BCUT2D eigenvalue weighted by Crippen LogP contribution is 2.33. The molecule has 0 atom stereocenters. The van der Waals surface area contributed by atoms with Crippen molar-refractivity contribution in [2.45, 2.75) is 18.4 Å². The summed E-state index contributed by atoms with van der Waals surface area (Å²) in [7, 11) is 0. The van der Waals surface area contributed by atoms with Gasteiger partial charge in [0.05, 0.1) is 5.60 Å². The van der Waals surface area contributed by atoms with E-state index >= 15 is 0 Å². The molecule has 1 aliphatic heterocycles. The van der Waals surface area contributed by atoms with E-state index in [4.69, 9.17) is 0 Å². The molecule has 5 nitrogen and oxygen atoms in total. The van der Waals surface area contributed by atoms with Crippen LogP contribution in [0.25, 0.3) is 6.08 Å². The summed E-state index contributed by atoms with van der Waals surface area (Å²) in [5.74, 6) is -1.28. The Labute approximate surface area is 206 Å². The highest BCUT2D eigenvalue weighted by atomic mass is 79.9. The Bertz CT molecular complexity index is 1190. The third-order valence-corrected chi connectivity index (χ3v) is 6.48. The Morgan fingerprint density at radius 2 is 1.56 bits per heavy atom. The number of halogens is 2. The molecule has 7 heteroatoms. The second kappa shape index (κ2) is 10.3. The van der Waals surface area contributed by atoms with Gasteiger partial charge in [-0.05, 0) is 66.4 Å². The van der Waals surface area contributed by atoms with Crippen LogP contribution in [0.2, 0.25) is 0 Å². The zero-order chi connectivity index (χ0) is 24.1. The molecule has 0 bridgehead atoms. The van der Waals surface area contributed by atoms with Gasteiger partial charge in [-0.2, -0.15) is 0 Å². The molecule has 2 amide bonds. The first-order valence-electron chi connectivity index (χ1n) is 11.0. The predicted octanol–water partition coefficient (Wildman–Crippen LogP) is 4.87. The average Bonchev–Trinajstić information content (AvgIpc) is 2.85. The van der Waals surface area contributed by atoms with Gasteiger partial charge < -0.3 is 15.3 Å². The molecule has 3 aromatic carbocycles. The van der Waals surface area contributed by atoms with Crippen LogP contribution in [0.1, 0.15) is 34.3 Å². The maximum absolute atomic E-state index is 13.4. The van der Waals surface area contributed by atoms with Crippen LogP contribution in [-0.2, 0) is 10.4 Å². The van der Waals surface area contributed by atoms with Crippen molar-refractivity contribution in [3.63, 3.8) is 0 Å². The SMILES string of the molecule is O=C(NC(=Cc1ccccc1)C(=O)N1CCC(O)(c2ccc(Br)cc2)CC1)c1ccc(F)cc1. The Kier molecular flexibility index (Phi) is 7.24. The number of carbonyl (C=O) groups excluding carboxylic acids is 2. The van der Waals surface area contributed by atoms with E-state index in [0.29, 0.717) is 25.9 Å². The second-order valence-corrected chi connectivity index (χ2v) is 9.18. The quantitative estimate of drug-likeness (QED) is 0.469. The smallest absolute Gasteiger partial charge is 0.270 e. The van der Waals surface area contributed by atoms with Crippen LogP contribution in [-0.4, -0.2) is 34.9 Å². The number of aliphatic hydroxyl groups is 1. The molecule has 0 unspecified atom stereocenters.